The minimum absolute atomic E-state index is 0. The highest BCUT2D eigenvalue weighted by Crippen LogP contribution is 2.43. The van der Waals surface area contributed by atoms with Crippen molar-refractivity contribution in [3.63, 3.8) is 0 Å². The Morgan fingerprint density at radius 3 is 2.84 bits per heavy atom. The lowest BCUT2D eigenvalue weighted by molar-refractivity contribution is 0.567. The third kappa shape index (κ3) is 1.71. The quantitative estimate of drug-likeness (QED) is 0.756. The summed E-state index contributed by atoms with van der Waals surface area (Å²) in [6, 6.07) is 14.2. The Labute approximate surface area is 114 Å². The molecule has 1 N–H and O–H groups in total. The molecule has 2 unspecified atom stereocenters. The van der Waals surface area contributed by atoms with Crippen LogP contribution in [0.5, 0.6) is 0 Å². The van der Waals surface area contributed by atoms with Crippen molar-refractivity contribution in [1.29, 1.82) is 0 Å². The minimum atomic E-state index is -0.128. The first kappa shape index (κ1) is 11.2. The molecule has 2 atom stereocenters. The highest BCUT2D eigenvalue weighted by molar-refractivity contribution is 5.45. The fourth-order valence-corrected chi connectivity index (χ4v) is 3.64. The fraction of sp³-hybridized carbons (Fsp3) is 0.294. The van der Waals surface area contributed by atoms with E-state index in [0.29, 0.717) is 5.92 Å². The van der Waals surface area contributed by atoms with Crippen molar-refractivity contribution in [1.82, 2.24) is 5.32 Å². The van der Waals surface area contributed by atoms with Gasteiger partial charge in [0.2, 0.25) is 0 Å². The second-order valence-electron chi connectivity index (χ2n) is 5.55. The van der Waals surface area contributed by atoms with Gasteiger partial charge in [0.25, 0.3) is 0 Å². The van der Waals surface area contributed by atoms with E-state index in [1.54, 1.807) is 12.1 Å². The molecule has 0 saturated carbocycles. The maximum absolute atomic E-state index is 13.6. The van der Waals surface area contributed by atoms with E-state index in [9.17, 15) is 4.39 Å². The van der Waals surface area contributed by atoms with Gasteiger partial charge in [-0.3, -0.25) is 0 Å². The van der Waals surface area contributed by atoms with Crippen molar-refractivity contribution in [2.45, 2.75) is 24.8 Å². The van der Waals surface area contributed by atoms with Gasteiger partial charge in [-0.2, -0.15) is 0 Å². The molecule has 0 spiro atoms. The van der Waals surface area contributed by atoms with Crippen LogP contribution in [0.2, 0.25) is 0 Å². The second kappa shape index (κ2) is 4.17. The Kier molecular flexibility index (Phi) is 2.46. The fourth-order valence-electron chi connectivity index (χ4n) is 3.64. The van der Waals surface area contributed by atoms with Crippen molar-refractivity contribution in [3.8, 4) is 0 Å². The van der Waals surface area contributed by atoms with Gasteiger partial charge in [-0.15, -0.1) is 0 Å². The second-order valence-corrected chi connectivity index (χ2v) is 5.55. The third-order valence-corrected chi connectivity index (χ3v) is 4.50. The molecule has 2 aromatic rings. The summed E-state index contributed by atoms with van der Waals surface area (Å²) in [4.78, 5) is 0. The molecule has 98 valence electrons. The maximum atomic E-state index is 13.6. The highest BCUT2D eigenvalue weighted by atomic mass is 19.1. The van der Waals surface area contributed by atoms with Crippen LogP contribution in [0.15, 0.2) is 42.5 Å². The zero-order valence-corrected chi connectivity index (χ0v) is 10.7. The van der Waals surface area contributed by atoms with Crippen LogP contribution in [0.3, 0.4) is 0 Å². The molecular formula is C17H18FN. The topological polar surface area (TPSA) is 12.0 Å². The molecule has 0 radical (unpaired) electrons. The third-order valence-electron chi connectivity index (χ3n) is 4.50. The van der Waals surface area contributed by atoms with E-state index in [4.69, 9.17) is 0 Å². The molecule has 2 aliphatic rings. The van der Waals surface area contributed by atoms with Gasteiger partial charge >= 0.3 is 0 Å². The maximum Gasteiger partial charge on any atom is 0.123 e. The SMILES string of the molecule is Fc1ccc2c(c1)C1NCCC1c1ccccc1C2.[2HH]. The summed E-state index contributed by atoms with van der Waals surface area (Å²) < 4.78 is 13.6. The Morgan fingerprint density at radius 2 is 1.89 bits per heavy atom. The summed E-state index contributed by atoms with van der Waals surface area (Å²) >= 11 is 0. The molecule has 4 rings (SSSR count). The summed E-state index contributed by atoms with van der Waals surface area (Å²) in [5.41, 5.74) is 5.25. The highest BCUT2D eigenvalue weighted by Gasteiger charge is 2.34. The predicted molar refractivity (Wildman–Crippen MR) is 75.9 cm³/mol. The lowest BCUT2D eigenvalue weighted by Gasteiger charge is -2.20. The Morgan fingerprint density at radius 1 is 1.05 bits per heavy atom. The first-order chi connectivity index (χ1) is 9.33. The largest absolute Gasteiger partial charge is 0.309 e. The van der Waals surface area contributed by atoms with Crippen molar-refractivity contribution in [2.75, 3.05) is 6.54 Å². The van der Waals surface area contributed by atoms with Gasteiger partial charge in [-0.05, 0) is 53.8 Å². The van der Waals surface area contributed by atoms with Crippen LogP contribution in [0, 0.1) is 5.82 Å². The Balaban J connectivity index is 0.00000121. The zero-order valence-electron chi connectivity index (χ0n) is 10.7. The summed E-state index contributed by atoms with van der Waals surface area (Å²) in [5.74, 6) is 0.358. The number of halogens is 1. The monoisotopic (exact) mass is 256 g/mol. The van der Waals surface area contributed by atoms with E-state index >= 15 is 0 Å². The van der Waals surface area contributed by atoms with E-state index in [0.717, 1.165) is 24.9 Å². The van der Waals surface area contributed by atoms with Crippen LogP contribution in [0.4, 0.5) is 4.39 Å². The van der Waals surface area contributed by atoms with Gasteiger partial charge in [0.15, 0.2) is 0 Å². The molecule has 1 aliphatic carbocycles. The average Bonchev–Trinajstić information content (AvgIpc) is 2.86. The number of rotatable bonds is 0. The molecule has 1 fully saturated rings. The average molecular weight is 256 g/mol. The Bertz CT molecular complexity index is 641. The van der Waals surface area contributed by atoms with E-state index in [1.165, 1.54) is 16.7 Å². The molecule has 1 aliphatic heterocycles. The van der Waals surface area contributed by atoms with Crippen LogP contribution in [0.25, 0.3) is 0 Å². The van der Waals surface area contributed by atoms with E-state index in [-0.39, 0.29) is 13.3 Å². The summed E-state index contributed by atoms with van der Waals surface area (Å²) in [6.07, 6.45) is 2.05. The molecule has 0 bridgehead atoms. The van der Waals surface area contributed by atoms with Crippen molar-refractivity contribution < 1.29 is 5.82 Å². The normalized spacial score (nSPS) is 24.3. The number of benzene rings is 2. The zero-order chi connectivity index (χ0) is 12.8. The summed E-state index contributed by atoms with van der Waals surface area (Å²) in [6.45, 7) is 1.01. The van der Waals surface area contributed by atoms with E-state index in [2.05, 4.69) is 29.6 Å². The van der Waals surface area contributed by atoms with Gasteiger partial charge in [-0.25, -0.2) is 4.39 Å². The van der Waals surface area contributed by atoms with Gasteiger partial charge < -0.3 is 5.32 Å². The molecule has 19 heavy (non-hydrogen) atoms. The van der Waals surface area contributed by atoms with Crippen molar-refractivity contribution in [2.24, 2.45) is 0 Å². The van der Waals surface area contributed by atoms with Crippen LogP contribution in [-0.2, 0) is 6.42 Å². The van der Waals surface area contributed by atoms with Crippen LogP contribution < -0.4 is 5.32 Å². The molecule has 1 saturated heterocycles. The minimum Gasteiger partial charge on any atom is -0.309 e. The summed E-state index contributed by atoms with van der Waals surface area (Å²) in [7, 11) is 0. The van der Waals surface area contributed by atoms with E-state index in [1.807, 2.05) is 6.07 Å². The van der Waals surface area contributed by atoms with Crippen LogP contribution in [-0.4, -0.2) is 6.54 Å². The van der Waals surface area contributed by atoms with Gasteiger partial charge in [0, 0.05) is 13.4 Å². The molecule has 0 amide bonds. The number of hydrogen-bond donors (Lipinski definition) is 1. The number of hydrogen-bond acceptors (Lipinski definition) is 1. The van der Waals surface area contributed by atoms with Crippen LogP contribution in [0.1, 0.15) is 42.1 Å². The van der Waals surface area contributed by atoms with Gasteiger partial charge in [0.05, 0.1) is 0 Å². The summed E-state index contributed by atoms with van der Waals surface area (Å²) in [5, 5.41) is 3.56. The standard InChI is InChI=1S/C17H16FN.H2/c18-13-6-5-12-9-11-3-1-2-4-14(11)15-7-8-19-17(15)16(12)10-13;/h1-6,10,15,17,19H,7-9H2;1H/i;1+1. The molecule has 1 nitrogen and oxygen atoms in total. The number of nitrogens with one attached hydrogen (secondary N) is 1. The van der Waals surface area contributed by atoms with Crippen molar-refractivity contribution >= 4 is 0 Å². The lowest BCUT2D eigenvalue weighted by Crippen LogP contribution is -2.17. The van der Waals surface area contributed by atoms with Crippen molar-refractivity contribution in [3.05, 3.63) is 70.5 Å². The molecule has 2 aromatic carbocycles. The molecule has 2 heteroatoms. The molecule has 1 heterocycles. The molecule has 0 aromatic heterocycles. The lowest BCUT2D eigenvalue weighted by atomic mass is 9.88. The van der Waals surface area contributed by atoms with Gasteiger partial charge in [-0.1, -0.05) is 30.3 Å². The Hall–Kier alpha value is -1.67. The van der Waals surface area contributed by atoms with E-state index < -0.39 is 0 Å². The first-order valence-electron chi connectivity index (χ1n) is 6.92. The van der Waals surface area contributed by atoms with Crippen LogP contribution >= 0.6 is 0 Å². The first-order valence-corrected chi connectivity index (χ1v) is 6.92. The number of fused-ring (bicyclic) bond motifs is 5. The van der Waals surface area contributed by atoms with Gasteiger partial charge in [0.1, 0.15) is 5.82 Å². The smallest absolute Gasteiger partial charge is 0.123 e. The molecular weight excluding hydrogens is 237 g/mol. The predicted octanol–water partition coefficient (Wildman–Crippen LogP) is 3.79.